The highest BCUT2D eigenvalue weighted by molar-refractivity contribution is 7.95. The molecule has 0 aliphatic heterocycles. The molecule has 4 rings (SSSR count). The van der Waals surface area contributed by atoms with E-state index in [-0.39, 0.29) is 24.0 Å². The molecule has 26 heavy (non-hydrogen) atoms. The fourth-order valence-electron chi connectivity index (χ4n) is 3.40. The molecule has 0 aliphatic carbocycles. The Bertz CT molecular complexity index is 810. The lowest BCUT2D eigenvalue weighted by Gasteiger charge is -2.27. The van der Waals surface area contributed by atoms with Gasteiger partial charge in [-0.25, -0.2) is 0 Å². The normalized spacial score (nSPS) is 10.9. The molecule has 4 aromatic rings. The van der Waals surface area contributed by atoms with Crippen molar-refractivity contribution >= 4 is 34.5 Å². The monoisotopic (exact) mass is 486 g/mol. The van der Waals surface area contributed by atoms with Crippen molar-refractivity contribution in [3.63, 3.8) is 0 Å². The van der Waals surface area contributed by atoms with Gasteiger partial charge >= 0.3 is 0 Å². The molecule has 0 nitrogen and oxygen atoms in total. The van der Waals surface area contributed by atoms with Crippen molar-refractivity contribution in [2.45, 2.75) is 6.16 Å². The van der Waals surface area contributed by atoms with Crippen LogP contribution in [0.4, 0.5) is 0 Å². The lowest BCUT2D eigenvalue weighted by atomic mass is 10.4. The highest BCUT2D eigenvalue weighted by Crippen LogP contribution is 2.58. The molecule has 0 fully saturated rings. The van der Waals surface area contributed by atoms with E-state index < -0.39 is 7.26 Å². The maximum absolute atomic E-state index is 2.31. The summed E-state index contributed by atoms with van der Waals surface area (Å²) in [5.41, 5.74) is 0. The van der Waals surface area contributed by atoms with Gasteiger partial charge in [0.25, 0.3) is 0 Å². The molecule has 0 atom stereocenters. The van der Waals surface area contributed by atoms with Crippen LogP contribution in [-0.2, 0) is 6.16 Å². The van der Waals surface area contributed by atoms with E-state index in [9.17, 15) is 0 Å². The molecule has 0 bridgehead atoms. The van der Waals surface area contributed by atoms with Crippen molar-refractivity contribution in [2.24, 2.45) is 0 Å². The van der Waals surface area contributed by atoms with Gasteiger partial charge in [-0.15, -0.1) is 11.3 Å². The van der Waals surface area contributed by atoms with Crippen LogP contribution < -0.4 is 39.9 Å². The van der Waals surface area contributed by atoms with Gasteiger partial charge in [0, 0.05) is 4.88 Å². The zero-order chi connectivity index (χ0) is 17.0. The number of hydrogen-bond acceptors (Lipinski definition) is 1. The summed E-state index contributed by atoms with van der Waals surface area (Å²) >= 11 is 1.86. The maximum atomic E-state index is 2.31. The fraction of sp³-hybridized carbons (Fsp3) is 0.0435. The molecule has 0 amide bonds. The summed E-state index contributed by atoms with van der Waals surface area (Å²) in [4.78, 5) is 1.45. The van der Waals surface area contributed by atoms with Crippen LogP contribution in [0.3, 0.4) is 0 Å². The van der Waals surface area contributed by atoms with Gasteiger partial charge in [-0.3, -0.25) is 0 Å². The average molecular weight is 486 g/mol. The summed E-state index contributed by atoms with van der Waals surface area (Å²) < 4.78 is 0. The van der Waals surface area contributed by atoms with Crippen LogP contribution in [0.5, 0.6) is 0 Å². The van der Waals surface area contributed by atoms with Gasteiger partial charge in [0.1, 0.15) is 29.3 Å². The van der Waals surface area contributed by atoms with Crippen LogP contribution in [0.2, 0.25) is 0 Å². The van der Waals surface area contributed by atoms with E-state index in [1.807, 2.05) is 11.3 Å². The van der Waals surface area contributed by atoms with Crippen LogP contribution >= 0.6 is 18.6 Å². The van der Waals surface area contributed by atoms with Gasteiger partial charge in [-0.05, 0) is 47.8 Å². The lowest BCUT2D eigenvalue weighted by molar-refractivity contribution is -0.00000474. The fourth-order valence-corrected chi connectivity index (χ4v) is 8.83. The molecule has 0 saturated heterocycles. The molecule has 3 aromatic carbocycles. The van der Waals surface area contributed by atoms with Crippen molar-refractivity contribution < 1.29 is 24.0 Å². The first kappa shape index (κ1) is 19.3. The second kappa shape index (κ2) is 8.94. The van der Waals surface area contributed by atoms with E-state index in [1.54, 1.807) is 0 Å². The largest absolute Gasteiger partial charge is 1.00 e. The summed E-state index contributed by atoms with van der Waals surface area (Å²) in [6, 6.07) is 37.6. The molecule has 1 aromatic heterocycles. The SMILES string of the molecule is [I-].c1ccc([P+](Cc2cccs2)(c2ccccc2)c2ccccc2)cc1. The summed E-state index contributed by atoms with van der Waals surface area (Å²) in [7, 11) is -1.73. The molecular formula is C23H20IPS. The first-order valence-electron chi connectivity index (χ1n) is 8.47. The summed E-state index contributed by atoms with van der Waals surface area (Å²) in [5.74, 6) is 0. The Balaban J connectivity index is 0.00000196. The van der Waals surface area contributed by atoms with Crippen molar-refractivity contribution in [3.8, 4) is 0 Å². The summed E-state index contributed by atoms with van der Waals surface area (Å²) in [6.45, 7) is 0. The molecule has 3 heteroatoms. The van der Waals surface area contributed by atoms with E-state index in [0.717, 1.165) is 6.16 Å². The van der Waals surface area contributed by atoms with E-state index >= 15 is 0 Å². The zero-order valence-electron chi connectivity index (χ0n) is 14.3. The number of benzene rings is 3. The third-order valence-electron chi connectivity index (χ3n) is 4.56. The predicted octanol–water partition coefficient (Wildman–Crippen LogP) is 2.25. The molecule has 0 N–H and O–H groups in total. The Morgan fingerprint density at radius 1 is 0.538 bits per heavy atom. The smallest absolute Gasteiger partial charge is 0.117 e. The van der Waals surface area contributed by atoms with Crippen molar-refractivity contribution in [1.82, 2.24) is 0 Å². The van der Waals surface area contributed by atoms with E-state index in [0.29, 0.717) is 0 Å². The van der Waals surface area contributed by atoms with E-state index in [1.165, 1.54) is 20.8 Å². The number of hydrogen-bond donors (Lipinski definition) is 0. The van der Waals surface area contributed by atoms with Gasteiger partial charge in [-0.1, -0.05) is 60.7 Å². The Morgan fingerprint density at radius 3 is 1.31 bits per heavy atom. The second-order valence-corrected chi connectivity index (χ2v) is 10.6. The highest BCUT2D eigenvalue weighted by atomic mass is 127. The van der Waals surface area contributed by atoms with Gasteiger partial charge < -0.3 is 24.0 Å². The molecule has 0 unspecified atom stereocenters. The topological polar surface area (TPSA) is 0 Å². The molecule has 1 heterocycles. The van der Waals surface area contributed by atoms with Crippen LogP contribution in [0, 0.1) is 0 Å². The van der Waals surface area contributed by atoms with Crippen LogP contribution in [0.15, 0.2) is 109 Å². The van der Waals surface area contributed by atoms with E-state index in [2.05, 4.69) is 109 Å². The molecule has 0 saturated carbocycles. The Kier molecular flexibility index (Phi) is 6.63. The van der Waals surface area contributed by atoms with Gasteiger partial charge in [0.2, 0.25) is 0 Å². The van der Waals surface area contributed by atoms with Gasteiger partial charge in [0.05, 0.1) is 0 Å². The highest BCUT2D eigenvalue weighted by Gasteiger charge is 2.45. The predicted molar refractivity (Wildman–Crippen MR) is 113 cm³/mol. The second-order valence-electron chi connectivity index (χ2n) is 6.05. The Hall–Kier alpha value is -1.48. The molecular weight excluding hydrogens is 466 g/mol. The minimum Gasteiger partial charge on any atom is -1.00 e. The standard InChI is InChI=1S/C23H20PS.HI/c1-4-11-20(12-5-1)24(19-23-17-10-18-25-23,21-13-6-2-7-14-21)22-15-8-3-9-16-22;/h1-18H,19H2;1H/q+1;/p-1. The molecule has 0 aliphatic rings. The molecule has 130 valence electrons. The van der Waals surface area contributed by atoms with Crippen LogP contribution in [0.25, 0.3) is 0 Å². The minimum atomic E-state index is -1.73. The van der Waals surface area contributed by atoms with Crippen LogP contribution in [-0.4, -0.2) is 0 Å². The van der Waals surface area contributed by atoms with E-state index in [4.69, 9.17) is 0 Å². The van der Waals surface area contributed by atoms with Crippen molar-refractivity contribution in [1.29, 1.82) is 0 Å². The van der Waals surface area contributed by atoms with Gasteiger partial charge in [-0.2, -0.15) is 0 Å². The summed E-state index contributed by atoms with van der Waals surface area (Å²) in [5, 5.41) is 6.52. The molecule has 0 radical (unpaired) electrons. The lowest BCUT2D eigenvalue weighted by Crippen LogP contribution is -3.00. The van der Waals surface area contributed by atoms with Crippen molar-refractivity contribution in [3.05, 3.63) is 113 Å². The zero-order valence-corrected chi connectivity index (χ0v) is 18.2. The Labute approximate surface area is 177 Å². The first-order valence-corrected chi connectivity index (χ1v) is 11.3. The van der Waals surface area contributed by atoms with Crippen molar-refractivity contribution in [2.75, 3.05) is 0 Å². The number of halogens is 1. The first-order chi connectivity index (χ1) is 12.4. The number of rotatable bonds is 5. The minimum absolute atomic E-state index is 0. The Morgan fingerprint density at radius 2 is 0.962 bits per heavy atom. The maximum Gasteiger partial charge on any atom is 0.117 e. The van der Waals surface area contributed by atoms with Gasteiger partial charge in [0.15, 0.2) is 0 Å². The third kappa shape index (κ3) is 3.78. The average Bonchev–Trinajstić information content (AvgIpc) is 3.21. The van der Waals surface area contributed by atoms with Crippen LogP contribution in [0.1, 0.15) is 4.88 Å². The molecule has 0 spiro atoms. The summed E-state index contributed by atoms with van der Waals surface area (Å²) in [6.07, 6.45) is 1.07. The third-order valence-corrected chi connectivity index (χ3v) is 10.0. The quantitative estimate of drug-likeness (QED) is 0.300. The number of thiophene rings is 1.